The zero-order valence-corrected chi connectivity index (χ0v) is 10.3. The number of allylic oxidation sites excluding steroid dienone is 2. The molecule has 92 valence electrons. The molecule has 0 aliphatic heterocycles. The summed E-state index contributed by atoms with van der Waals surface area (Å²) in [7, 11) is 0. The fourth-order valence-corrected chi connectivity index (χ4v) is 2.56. The number of carbonyl (C=O) groups excluding carboxylic acids is 1. The number of hydrogen-bond acceptors (Lipinski definition) is 2. The van der Waals surface area contributed by atoms with Gasteiger partial charge >= 0.3 is 0 Å². The second kappa shape index (κ2) is 4.91. The molecule has 2 aliphatic carbocycles. The Bertz CT molecular complexity index is 511. The van der Waals surface area contributed by atoms with Crippen molar-refractivity contribution in [2.24, 2.45) is 0 Å². The average molecular weight is 240 g/mol. The summed E-state index contributed by atoms with van der Waals surface area (Å²) in [6, 6.07) is 10.2. The van der Waals surface area contributed by atoms with Crippen molar-refractivity contribution in [3.8, 4) is 0 Å². The lowest BCUT2D eigenvalue weighted by molar-refractivity contribution is -0.114. The minimum atomic E-state index is 0.120. The summed E-state index contributed by atoms with van der Waals surface area (Å²) in [5.41, 5.74) is 3.41. The normalized spacial score (nSPS) is 22.4. The second-order valence-corrected chi connectivity index (χ2v) is 4.84. The molecule has 1 aromatic rings. The predicted molar refractivity (Wildman–Crippen MR) is 70.0 cm³/mol. The number of rotatable bonds is 3. The highest BCUT2D eigenvalue weighted by atomic mass is 16.5. The largest absolute Gasteiger partial charge is 0.369 e. The fraction of sp³-hybridized carbons (Fsp3) is 0.312. The van der Waals surface area contributed by atoms with Gasteiger partial charge in [-0.1, -0.05) is 48.1 Å². The molecule has 2 nitrogen and oxygen atoms in total. The number of carbonyl (C=O) groups is 1. The molecule has 0 amide bonds. The van der Waals surface area contributed by atoms with Crippen LogP contribution in [0, 0.1) is 0 Å². The van der Waals surface area contributed by atoms with E-state index >= 15 is 0 Å². The van der Waals surface area contributed by atoms with E-state index in [0.717, 1.165) is 18.4 Å². The molecule has 0 saturated heterocycles. The minimum absolute atomic E-state index is 0.120. The molecule has 0 heterocycles. The van der Waals surface area contributed by atoms with E-state index in [4.69, 9.17) is 4.74 Å². The summed E-state index contributed by atoms with van der Waals surface area (Å²) in [6.07, 6.45) is 6.57. The summed E-state index contributed by atoms with van der Waals surface area (Å²) in [5.74, 6) is 0.294. The molecule has 3 rings (SSSR count). The molecule has 1 aromatic carbocycles. The lowest BCUT2D eigenvalue weighted by Crippen LogP contribution is -2.14. The van der Waals surface area contributed by atoms with Gasteiger partial charge in [0.25, 0.3) is 0 Å². The molecule has 0 saturated carbocycles. The minimum Gasteiger partial charge on any atom is -0.369 e. The fourth-order valence-electron chi connectivity index (χ4n) is 2.56. The maximum absolute atomic E-state index is 11.5. The quantitative estimate of drug-likeness (QED) is 0.811. The third-order valence-corrected chi connectivity index (χ3v) is 3.57. The number of hydrogen-bond donors (Lipinski definition) is 0. The lowest BCUT2D eigenvalue weighted by Gasteiger charge is -2.19. The molecule has 0 N–H and O–H groups in total. The SMILES string of the molecule is O=C1CCC2=C1C=CC(OCc1ccccc1)C2. The Hall–Kier alpha value is -1.67. The van der Waals surface area contributed by atoms with Gasteiger partial charge in [0, 0.05) is 12.0 Å². The first kappa shape index (κ1) is 11.4. The number of ketones is 1. The Kier molecular flexibility index (Phi) is 3.11. The summed E-state index contributed by atoms with van der Waals surface area (Å²) in [6.45, 7) is 0.631. The van der Waals surface area contributed by atoms with Crippen LogP contribution in [0.2, 0.25) is 0 Å². The Morgan fingerprint density at radius 2 is 2.00 bits per heavy atom. The summed E-state index contributed by atoms with van der Waals surface area (Å²) < 4.78 is 5.88. The van der Waals surface area contributed by atoms with Crippen LogP contribution in [0.25, 0.3) is 0 Å². The van der Waals surface area contributed by atoms with E-state index in [1.54, 1.807) is 0 Å². The highest BCUT2D eigenvalue weighted by Crippen LogP contribution is 2.32. The van der Waals surface area contributed by atoms with Crippen molar-refractivity contribution in [2.45, 2.75) is 32.0 Å². The van der Waals surface area contributed by atoms with Gasteiger partial charge in [0.15, 0.2) is 5.78 Å². The van der Waals surface area contributed by atoms with Gasteiger partial charge in [0.2, 0.25) is 0 Å². The Morgan fingerprint density at radius 3 is 2.83 bits per heavy atom. The zero-order valence-electron chi connectivity index (χ0n) is 10.3. The van der Waals surface area contributed by atoms with Crippen LogP contribution in [0.3, 0.4) is 0 Å². The van der Waals surface area contributed by atoms with Gasteiger partial charge in [-0.2, -0.15) is 0 Å². The average Bonchev–Trinajstić information content (AvgIpc) is 2.79. The summed E-state index contributed by atoms with van der Waals surface area (Å²) in [5, 5.41) is 0. The van der Waals surface area contributed by atoms with E-state index in [-0.39, 0.29) is 6.10 Å². The monoisotopic (exact) mass is 240 g/mol. The van der Waals surface area contributed by atoms with Gasteiger partial charge < -0.3 is 4.74 Å². The predicted octanol–water partition coefficient (Wildman–Crippen LogP) is 3.19. The third-order valence-electron chi connectivity index (χ3n) is 3.57. The molecular weight excluding hydrogens is 224 g/mol. The van der Waals surface area contributed by atoms with Gasteiger partial charge in [-0.05, 0) is 18.4 Å². The zero-order chi connectivity index (χ0) is 12.4. The number of Topliss-reactive ketones (excluding diaryl/α,β-unsaturated/α-hetero) is 1. The maximum Gasteiger partial charge on any atom is 0.163 e. The summed E-state index contributed by atoms with van der Waals surface area (Å²) >= 11 is 0. The van der Waals surface area contributed by atoms with Gasteiger partial charge in [-0.3, -0.25) is 4.79 Å². The number of benzene rings is 1. The van der Waals surface area contributed by atoms with Crippen molar-refractivity contribution in [3.05, 3.63) is 59.2 Å². The van der Waals surface area contributed by atoms with Crippen molar-refractivity contribution < 1.29 is 9.53 Å². The van der Waals surface area contributed by atoms with E-state index in [0.29, 0.717) is 18.8 Å². The highest BCUT2D eigenvalue weighted by molar-refractivity contribution is 6.01. The van der Waals surface area contributed by atoms with E-state index in [2.05, 4.69) is 12.1 Å². The van der Waals surface area contributed by atoms with E-state index in [9.17, 15) is 4.79 Å². The lowest BCUT2D eigenvalue weighted by atomic mass is 9.98. The summed E-state index contributed by atoms with van der Waals surface area (Å²) in [4.78, 5) is 11.5. The third kappa shape index (κ3) is 2.29. The van der Waals surface area contributed by atoms with E-state index in [1.165, 1.54) is 11.1 Å². The molecule has 0 aromatic heterocycles. The molecule has 1 atom stereocenters. The van der Waals surface area contributed by atoms with Crippen LogP contribution in [0.4, 0.5) is 0 Å². The standard InChI is InChI=1S/C16H16O2/c17-16-9-6-13-10-14(7-8-15(13)16)18-11-12-4-2-1-3-5-12/h1-5,7-8,14H,6,9-11H2. The van der Waals surface area contributed by atoms with Crippen molar-refractivity contribution in [1.29, 1.82) is 0 Å². The van der Waals surface area contributed by atoms with Gasteiger partial charge in [0.1, 0.15) is 0 Å². The van der Waals surface area contributed by atoms with Crippen LogP contribution in [0.15, 0.2) is 53.6 Å². The highest BCUT2D eigenvalue weighted by Gasteiger charge is 2.26. The van der Waals surface area contributed by atoms with E-state index < -0.39 is 0 Å². The molecule has 2 heteroatoms. The van der Waals surface area contributed by atoms with Crippen LogP contribution in [0.5, 0.6) is 0 Å². The van der Waals surface area contributed by atoms with Gasteiger partial charge in [0.05, 0.1) is 12.7 Å². The molecule has 1 unspecified atom stereocenters. The Balaban J connectivity index is 1.59. The first-order valence-electron chi connectivity index (χ1n) is 6.42. The second-order valence-electron chi connectivity index (χ2n) is 4.84. The molecule has 0 spiro atoms. The van der Waals surface area contributed by atoms with Crippen molar-refractivity contribution in [1.82, 2.24) is 0 Å². The van der Waals surface area contributed by atoms with Crippen LogP contribution in [0.1, 0.15) is 24.8 Å². The van der Waals surface area contributed by atoms with Crippen LogP contribution < -0.4 is 0 Å². The van der Waals surface area contributed by atoms with Crippen LogP contribution >= 0.6 is 0 Å². The van der Waals surface area contributed by atoms with E-state index in [1.807, 2.05) is 30.4 Å². The van der Waals surface area contributed by atoms with Crippen LogP contribution in [-0.2, 0) is 16.1 Å². The smallest absolute Gasteiger partial charge is 0.163 e. The Labute approximate surface area is 107 Å². The Morgan fingerprint density at radius 1 is 1.17 bits per heavy atom. The topological polar surface area (TPSA) is 26.3 Å². The molecular formula is C16H16O2. The molecule has 0 fully saturated rings. The van der Waals surface area contributed by atoms with Gasteiger partial charge in [-0.15, -0.1) is 0 Å². The van der Waals surface area contributed by atoms with Crippen molar-refractivity contribution in [2.75, 3.05) is 0 Å². The van der Waals surface area contributed by atoms with Crippen LogP contribution in [-0.4, -0.2) is 11.9 Å². The molecule has 18 heavy (non-hydrogen) atoms. The van der Waals surface area contributed by atoms with Crippen molar-refractivity contribution >= 4 is 5.78 Å². The van der Waals surface area contributed by atoms with Crippen molar-refractivity contribution in [3.63, 3.8) is 0 Å². The molecule has 0 bridgehead atoms. The van der Waals surface area contributed by atoms with Gasteiger partial charge in [-0.25, -0.2) is 0 Å². The first-order valence-corrected chi connectivity index (χ1v) is 6.42. The molecule has 0 radical (unpaired) electrons. The maximum atomic E-state index is 11.5. The first-order chi connectivity index (χ1) is 8.83. The number of ether oxygens (including phenoxy) is 1. The molecule has 2 aliphatic rings.